The lowest BCUT2D eigenvalue weighted by atomic mass is 10.1. The summed E-state index contributed by atoms with van der Waals surface area (Å²) in [7, 11) is 0. The third-order valence-electron chi connectivity index (χ3n) is 4.83. The van der Waals surface area contributed by atoms with Crippen LogP contribution in [0.4, 0.5) is 13.2 Å². The van der Waals surface area contributed by atoms with Crippen molar-refractivity contribution in [1.29, 1.82) is 0 Å². The standard InChI is InChI=1S/C21H23F3N2O/c22-21(23,24)19-9-7-16(8-10-19)13-20(27)25-14-17-5-1-2-6-18(17)15-26-11-3-4-12-26/h1-2,5-10H,3-4,11-15H2,(H,25,27). The molecule has 0 unspecified atom stereocenters. The fourth-order valence-electron chi connectivity index (χ4n) is 3.32. The van der Waals surface area contributed by atoms with Crippen LogP contribution < -0.4 is 5.32 Å². The van der Waals surface area contributed by atoms with Crippen molar-refractivity contribution >= 4 is 5.91 Å². The van der Waals surface area contributed by atoms with Crippen LogP contribution in [0.5, 0.6) is 0 Å². The lowest BCUT2D eigenvalue weighted by Crippen LogP contribution is -2.26. The van der Waals surface area contributed by atoms with E-state index in [1.165, 1.54) is 30.5 Å². The largest absolute Gasteiger partial charge is 0.416 e. The Balaban J connectivity index is 1.55. The van der Waals surface area contributed by atoms with Crippen molar-refractivity contribution in [2.75, 3.05) is 13.1 Å². The van der Waals surface area contributed by atoms with Gasteiger partial charge in [0.25, 0.3) is 0 Å². The van der Waals surface area contributed by atoms with E-state index in [0.29, 0.717) is 12.1 Å². The molecule has 27 heavy (non-hydrogen) atoms. The zero-order valence-electron chi connectivity index (χ0n) is 15.1. The zero-order chi connectivity index (χ0) is 19.3. The zero-order valence-corrected chi connectivity index (χ0v) is 15.1. The molecule has 3 rings (SSSR count). The van der Waals surface area contributed by atoms with Gasteiger partial charge >= 0.3 is 6.18 Å². The summed E-state index contributed by atoms with van der Waals surface area (Å²) in [5.74, 6) is -0.203. The number of nitrogens with zero attached hydrogens (tertiary/aromatic N) is 1. The minimum atomic E-state index is -4.36. The van der Waals surface area contributed by atoms with E-state index in [0.717, 1.165) is 37.3 Å². The predicted octanol–water partition coefficient (Wildman–Crippen LogP) is 4.16. The Morgan fingerprint density at radius 2 is 1.59 bits per heavy atom. The number of halogens is 3. The molecule has 0 spiro atoms. The SMILES string of the molecule is O=C(Cc1ccc(C(F)(F)F)cc1)NCc1ccccc1CN1CCCC1. The van der Waals surface area contributed by atoms with Crippen LogP contribution in [0.25, 0.3) is 0 Å². The highest BCUT2D eigenvalue weighted by molar-refractivity contribution is 5.78. The van der Waals surface area contributed by atoms with E-state index in [2.05, 4.69) is 16.3 Å². The second kappa shape index (κ2) is 8.57. The van der Waals surface area contributed by atoms with Gasteiger partial charge in [0, 0.05) is 13.1 Å². The molecule has 1 aliphatic heterocycles. The minimum Gasteiger partial charge on any atom is -0.352 e. The maximum atomic E-state index is 12.6. The summed E-state index contributed by atoms with van der Waals surface area (Å²) >= 11 is 0. The number of carbonyl (C=O) groups is 1. The van der Waals surface area contributed by atoms with Gasteiger partial charge in [0.2, 0.25) is 5.91 Å². The molecule has 1 amide bonds. The molecule has 1 heterocycles. The maximum absolute atomic E-state index is 12.6. The van der Waals surface area contributed by atoms with Gasteiger partial charge in [-0.2, -0.15) is 13.2 Å². The Morgan fingerprint density at radius 1 is 0.963 bits per heavy atom. The van der Waals surface area contributed by atoms with Crippen LogP contribution in [0, 0.1) is 0 Å². The molecule has 0 radical (unpaired) electrons. The Labute approximate surface area is 157 Å². The van der Waals surface area contributed by atoms with Crippen LogP contribution in [0.1, 0.15) is 35.1 Å². The first kappa shape index (κ1) is 19.4. The van der Waals surface area contributed by atoms with Gasteiger partial charge in [0.1, 0.15) is 0 Å². The maximum Gasteiger partial charge on any atom is 0.416 e. The van der Waals surface area contributed by atoms with Gasteiger partial charge in [-0.1, -0.05) is 36.4 Å². The quantitative estimate of drug-likeness (QED) is 0.821. The van der Waals surface area contributed by atoms with E-state index in [-0.39, 0.29) is 12.3 Å². The van der Waals surface area contributed by atoms with E-state index >= 15 is 0 Å². The second-order valence-corrected chi connectivity index (χ2v) is 6.90. The van der Waals surface area contributed by atoms with Gasteiger partial charge in [0.05, 0.1) is 12.0 Å². The minimum absolute atomic E-state index is 0.0619. The van der Waals surface area contributed by atoms with Gasteiger partial charge in [-0.25, -0.2) is 0 Å². The van der Waals surface area contributed by atoms with Crippen LogP contribution in [0.15, 0.2) is 48.5 Å². The molecule has 144 valence electrons. The summed E-state index contributed by atoms with van der Waals surface area (Å²) in [5, 5.41) is 2.88. The Morgan fingerprint density at radius 3 is 2.22 bits per heavy atom. The second-order valence-electron chi connectivity index (χ2n) is 6.90. The Hall–Kier alpha value is -2.34. The normalized spacial score (nSPS) is 15.1. The van der Waals surface area contributed by atoms with Gasteiger partial charge in [-0.3, -0.25) is 9.69 Å². The molecule has 3 nitrogen and oxygen atoms in total. The van der Waals surface area contributed by atoms with Crippen molar-refractivity contribution in [2.24, 2.45) is 0 Å². The van der Waals surface area contributed by atoms with E-state index in [1.807, 2.05) is 18.2 Å². The number of nitrogens with one attached hydrogen (secondary N) is 1. The topological polar surface area (TPSA) is 32.3 Å². The monoisotopic (exact) mass is 376 g/mol. The molecule has 2 aromatic rings. The summed E-state index contributed by atoms with van der Waals surface area (Å²) in [6, 6.07) is 12.7. The summed E-state index contributed by atoms with van der Waals surface area (Å²) in [6.45, 7) is 3.51. The first-order valence-corrected chi connectivity index (χ1v) is 9.14. The molecule has 1 fully saturated rings. The van der Waals surface area contributed by atoms with Crippen molar-refractivity contribution in [3.8, 4) is 0 Å². The first-order chi connectivity index (χ1) is 12.9. The fraction of sp³-hybridized carbons (Fsp3) is 0.381. The van der Waals surface area contributed by atoms with Crippen molar-refractivity contribution in [3.63, 3.8) is 0 Å². The Kier molecular flexibility index (Phi) is 6.16. The third kappa shape index (κ3) is 5.57. The van der Waals surface area contributed by atoms with E-state index < -0.39 is 11.7 Å². The van der Waals surface area contributed by atoms with Crippen molar-refractivity contribution in [1.82, 2.24) is 10.2 Å². The van der Waals surface area contributed by atoms with Gasteiger partial charge in [-0.05, 0) is 54.8 Å². The average Bonchev–Trinajstić information content (AvgIpc) is 3.14. The molecular formula is C21H23F3N2O. The number of amides is 1. The molecule has 0 atom stereocenters. The molecule has 6 heteroatoms. The number of hydrogen-bond donors (Lipinski definition) is 1. The van der Waals surface area contributed by atoms with Crippen LogP contribution >= 0.6 is 0 Å². The van der Waals surface area contributed by atoms with Crippen LogP contribution in [-0.2, 0) is 30.5 Å². The third-order valence-corrected chi connectivity index (χ3v) is 4.83. The van der Waals surface area contributed by atoms with Crippen molar-refractivity contribution in [2.45, 2.75) is 38.5 Å². The average molecular weight is 376 g/mol. The Bertz CT molecular complexity index is 766. The number of hydrogen-bond acceptors (Lipinski definition) is 2. The number of carbonyl (C=O) groups excluding carboxylic acids is 1. The first-order valence-electron chi connectivity index (χ1n) is 9.14. The van der Waals surface area contributed by atoms with E-state index in [4.69, 9.17) is 0 Å². The van der Waals surface area contributed by atoms with E-state index in [1.54, 1.807) is 0 Å². The molecular weight excluding hydrogens is 353 g/mol. The number of likely N-dealkylation sites (tertiary alicyclic amines) is 1. The molecule has 2 aromatic carbocycles. The molecule has 0 saturated carbocycles. The van der Waals surface area contributed by atoms with Crippen LogP contribution in [0.3, 0.4) is 0 Å². The van der Waals surface area contributed by atoms with Crippen LogP contribution in [-0.4, -0.2) is 23.9 Å². The smallest absolute Gasteiger partial charge is 0.352 e. The van der Waals surface area contributed by atoms with Gasteiger partial charge < -0.3 is 5.32 Å². The van der Waals surface area contributed by atoms with Crippen molar-refractivity contribution in [3.05, 3.63) is 70.8 Å². The van der Waals surface area contributed by atoms with E-state index in [9.17, 15) is 18.0 Å². The van der Waals surface area contributed by atoms with Crippen LogP contribution in [0.2, 0.25) is 0 Å². The molecule has 0 aliphatic carbocycles. The summed E-state index contributed by atoms with van der Waals surface area (Å²) < 4.78 is 37.8. The summed E-state index contributed by atoms with van der Waals surface area (Å²) in [6.07, 6.45) is -1.84. The highest BCUT2D eigenvalue weighted by Gasteiger charge is 2.29. The lowest BCUT2D eigenvalue weighted by Gasteiger charge is -2.17. The number of rotatable bonds is 6. The number of alkyl halides is 3. The van der Waals surface area contributed by atoms with Gasteiger partial charge in [0.15, 0.2) is 0 Å². The fourth-order valence-corrected chi connectivity index (χ4v) is 3.32. The lowest BCUT2D eigenvalue weighted by molar-refractivity contribution is -0.137. The number of benzene rings is 2. The summed E-state index contributed by atoms with van der Waals surface area (Å²) in [5.41, 5.74) is 2.13. The molecule has 0 aromatic heterocycles. The summed E-state index contributed by atoms with van der Waals surface area (Å²) in [4.78, 5) is 14.6. The predicted molar refractivity (Wildman–Crippen MR) is 97.9 cm³/mol. The van der Waals surface area contributed by atoms with Crippen molar-refractivity contribution < 1.29 is 18.0 Å². The molecule has 1 N–H and O–H groups in total. The molecule has 1 saturated heterocycles. The molecule has 1 aliphatic rings. The van der Waals surface area contributed by atoms with Gasteiger partial charge in [-0.15, -0.1) is 0 Å². The highest BCUT2D eigenvalue weighted by atomic mass is 19.4. The molecule has 0 bridgehead atoms. The highest BCUT2D eigenvalue weighted by Crippen LogP contribution is 2.29.